The minimum absolute atomic E-state index is 0.785. The number of hydrogen-bond donors (Lipinski definition) is 1. The van der Waals surface area contributed by atoms with E-state index >= 15 is 0 Å². The summed E-state index contributed by atoms with van der Waals surface area (Å²) in [6.07, 6.45) is 1.76. The van der Waals surface area contributed by atoms with Crippen LogP contribution in [0.2, 0.25) is 0 Å². The van der Waals surface area contributed by atoms with Gasteiger partial charge in [-0.3, -0.25) is 0 Å². The Balaban J connectivity index is 1.99. The molecule has 1 N–H and O–H groups in total. The molecule has 5 heteroatoms. The van der Waals surface area contributed by atoms with Crippen molar-refractivity contribution < 1.29 is 0 Å². The van der Waals surface area contributed by atoms with Crippen molar-refractivity contribution in [1.82, 2.24) is 9.97 Å². The molecule has 0 aliphatic carbocycles. The molecule has 0 fully saturated rings. The van der Waals surface area contributed by atoms with E-state index in [0.29, 0.717) is 0 Å². The van der Waals surface area contributed by atoms with Gasteiger partial charge in [-0.2, -0.15) is 0 Å². The summed E-state index contributed by atoms with van der Waals surface area (Å²) < 4.78 is 1.13. The molecule has 0 spiro atoms. The molecule has 0 saturated heterocycles. The first-order valence-corrected chi connectivity index (χ1v) is 6.18. The molecule has 0 radical (unpaired) electrons. The highest BCUT2D eigenvalue weighted by molar-refractivity contribution is 9.10. The van der Waals surface area contributed by atoms with Gasteiger partial charge in [0.25, 0.3) is 0 Å². The van der Waals surface area contributed by atoms with Crippen LogP contribution < -0.4 is 5.32 Å². The van der Waals surface area contributed by atoms with Crippen LogP contribution in [0.3, 0.4) is 0 Å². The normalized spacial score (nSPS) is 10.3. The molecular formula is C10H10BrN3S. The van der Waals surface area contributed by atoms with Gasteiger partial charge >= 0.3 is 0 Å². The summed E-state index contributed by atoms with van der Waals surface area (Å²) in [7, 11) is 0. The standard InChI is InChI=1S/C10H10BrN3S/c1-7-12-3-2-10(14-7)13-5-9-4-8(11)6-15-9/h2-4,6H,5H2,1H3,(H,12,13,14). The quantitative estimate of drug-likeness (QED) is 0.940. The number of nitrogens with one attached hydrogen (secondary N) is 1. The number of nitrogens with zero attached hydrogens (tertiary/aromatic N) is 2. The van der Waals surface area contributed by atoms with Crippen LogP contribution in [0.5, 0.6) is 0 Å². The van der Waals surface area contributed by atoms with Crippen molar-refractivity contribution >= 4 is 33.1 Å². The number of hydrogen-bond acceptors (Lipinski definition) is 4. The third kappa shape index (κ3) is 3.00. The molecule has 0 saturated carbocycles. The van der Waals surface area contributed by atoms with Gasteiger partial charge in [-0.25, -0.2) is 9.97 Å². The van der Waals surface area contributed by atoms with Crippen molar-refractivity contribution in [3.63, 3.8) is 0 Å². The Morgan fingerprint density at radius 1 is 1.53 bits per heavy atom. The topological polar surface area (TPSA) is 37.8 Å². The van der Waals surface area contributed by atoms with Gasteiger partial charge in [0.1, 0.15) is 11.6 Å². The average molecular weight is 284 g/mol. The fourth-order valence-corrected chi connectivity index (χ4v) is 2.57. The Hall–Kier alpha value is -0.940. The summed E-state index contributed by atoms with van der Waals surface area (Å²) in [6, 6.07) is 3.97. The Bertz CT molecular complexity index is 455. The molecule has 0 amide bonds. The van der Waals surface area contributed by atoms with Crippen molar-refractivity contribution in [2.24, 2.45) is 0 Å². The lowest BCUT2D eigenvalue weighted by atomic mass is 10.4. The molecule has 2 rings (SSSR count). The molecule has 0 aromatic carbocycles. The Labute approximate surface area is 101 Å². The van der Waals surface area contributed by atoms with E-state index in [0.717, 1.165) is 22.7 Å². The second-order valence-corrected chi connectivity index (χ2v) is 4.99. The maximum atomic E-state index is 4.27. The first-order chi connectivity index (χ1) is 7.24. The van der Waals surface area contributed by atoms with Crippen molar-refractivity contribution in [1.29, 1.82) is 0 Å². The molecular weight excluding hydrogens is 274 g/mol. The smallest absolute Gasteiger partial charge is 0.129 e. The molecule has 0 unspecified atom stereocenters. The van der Waals surface area contributed by atoms with E-state index in [9.17, 15) is 0 Å². The number of aryl methyl sites for hydroxylation is 1. The summed E-state index contributed by atoms with van der Waals surface area (Å²) in [6.45, 7) is 2.68. The predicted octanol–water partition coefficient (Wildman–Crippen LogP) is 3.22. The van der Waals surface area contributed by atoms with Gasteiger partial charge in [0.2, 0.25) is 0 Å². The molecule has 2 aromatic heterocycles. The zero-order chi connectivity index (χ0) is 10.7. The fraction of sp³-hybridized carbons (Fsp3) is 0.200. The van der Waals surface area contributed by atoms with Crippen LogP contribution >= 0.6 is 27.3 Å². The van der Waals surface area contributed by atoms with Crippen LogP contribution in [0.25, 0.3) is 0 Å². The summed E-state index contributed by atoms with van der Waals surface area (Å²) in [5.41, 5.74) is 0. The van der Waals surface area contributed by atoms with E-state index in [1.165, 1.54) is 4.88 Å². The minimum Gasteiger partial charge on any atom is -0.365 e. The summed E-state index contributed by atoms with van der Waals surface area (Å²) >= 11 is 5.15. The summed E-state index contributed by atoms with van der Waals surface area (Å²) in [5.74, 6) is 1.65. The lowest BCUT2D eigenvalue weighted by Gasteiger charge is -2.03. The van der Waals surface area contributed by atoms with Gasteiger partial charge in [-0.1, -0.05) is 0 Å². The second-order valence-electron chi connectivity index (χ2n) is 3.07. The summed E-state index contributed by atoms with van der Waals surface area (Å²) in [5, 5.41) is 5.33. The van der Waals surface area contributed by atoms with Crippen LogP contribution in [-0.2, 0) is 6.54 Å². The molecule has 0 atom stereocenters. The average Bonchev–Trinajstić information content (AvgIpc) is 2.62. The fourth-order valence-electron chi connectivity index (χ4n) is 1.18. The molecule has 2 heterocycles. The van der Waals surface area contributed by atoms with Crippen molar-refractivity contribution in [2.75, 3.05) is 5.32 Å². The third-order valence-electron chi connectivity index (χ3n) is 1.84. The SMILES string of the molecule is Cc1nccc(NCc2cc(Br)cs2)n1. The van der Waals surface area contributed by atoms with Crippen molar-refractivity contribution in [2.45, 2.75) is 13.5 Å². The maximum absolute atomic E-state index is 4.27. The Morgan fingerprint density at radius 2 is 2.40 bits per heavy atom. The van der Waals surface area contributed by atoms with Gasteiger partial charge in [-0.15, -0.1) is 11.3 Å². The highest BCUT2D eigenvalue weighted by Gasteiger charge is 1.98. The van der Waals surface area contributed by atoms with Crippen molar-refractivity contribution in [3.05, 3.63) is 38.9 Å². The molecule has 0 bridgehead atoms. The van der Waals surface area contributed by atoms with Gasteiger partial charge in [0, 0.05) is 20.9 Å². The number of rotatable bonds is 3. The molecule has 0 aliphatic heterocycles. The first kappa shape index (κ1) is 10.6. The molecule has 3 nitrogen and oxygen atoms in total. The first-order valence-electron chi connectivity index (χ1n) is 4.50. The summed E-state index contributed by atoms with van der Waals surface area (Å²) in [4.78, 5) is 9.58. The van der Waals surface area contributed by atoms with Gasteiger partial charge < -0.3 is 5.32 Å². The number of halogens is 1. The van der Waals surface area contributed by atoms with Crippen molar-refractivity contribution in [3.8, 4) is 0 Å². The molecule has 0 aliphatic rings. The maximum Gasteiger partial charge on any atom is 0.129 e. The zero-order valence-electron chi connectivity index (χ0n) is 8.20. The number of anilines is 1. The predicted molar refractivity (Wildman–Crippen MR) is 66.1 cm³/mol. The molecule has 78 valence electrons. The zero-order valence-corrected chi connectivity index (χ0v) is 10.6. The van der Waals surface area contributed by atoms with Crippen LogP contribution in [0.15, 0.2) is 28.2 Å². The second kappa shape index (κ2) is 4.72. The van der Waals surface area contributed by atoms with E-state index in [4.69, 9.17) is 0 Å². The van der Waals surface area contributed by atoms with E-state index in [1.807, 2.05) is 13.0 Å². The number of aromatic nitrogens is 2. The van der Waals surface area contributed by atoms with Crippen LogP contribution in [0, 0.1) is 6.92 Å². The largest absolute Gasteiger partial charge is 0.365 e. The van der Waals surface area contributed by atoms with Gasteiger partial charge in [0.15, 0.2) is 0 Å². The van der Waals surface area contributed by atoms with E-state index in [2.05, 4.69) is 42.7 Å². The monoisotopic (exact) mass is 283 g/mol. The van der Waals surface area contributed by atoms with Gasteiger partial charge in [-0.05, 0) is 35.0 Å². The van der Waals surface area contributed by atoms with E-state index in [-0.39, 0.29) is 0 Å². The number of thiophene rings is 1. The van der Waals surface area contributed by atoms with Crippen LogP contribution in [0.4, 0.5) is 5.82 Å². The lowest BCUT2D eigenvalue weighted by Crippen LogP contribution is -2.01. The molecule has 2 aromatic rings. The van der Waals surface area contributed by atoms with Gasteiger partial charge in [0.05, 0.1) is 6.54 Å². The Kier molecular flexibility index (Phi) is 3.33. The minimum atomic E-state index is 0.785. The Morgan fingerprint density at radius 3 is 3.07 bits per heavy atom. The van der Waals surface area contributed by atoms with E-state index < -0.39 is 0 Å². The highest BCUT2D eigenvalue weighted by atomic mass is 79.9. The lowest BCUT2D eigenvalue weighted by molar-refractivity contribution is 1.03. The van der Waals surface area contributed by atoms with E-state index in [1.54, 1.807) is 17.5 Å². The third-order valence-corrected chi connectivity index (χ3v) is 3.54. The van der Waals surface area contributed by atoms with Crippen LogP contribution in [-0.4, -0.2) is 9.97 Å². The highest BCUT2D eigenvalue weighted by Crippen LogP contribution is 2.20. The van der Waals surface area contributed by atoms with Crippen LogP contribution in [0.1, 0.15) is 10.7 Å². The molecule has 15 heavy (non-hydrogen) atoms.